The fourth-order valence-corrected chi connectivity index (χ4v) is 2.46. The number of thioether (sulfide) groups is 1. The van der Waals surface area contributed by atoms with Crippen LogP contribution in [-0.4, -0.2) is 24.2 Å². The van der Waals surface area contributed by atoms with E-state index in [1.165, 1.54) is 11.8 Å². The van der Waals surface area contributed by atoms with Crippen LogP contribution in [0.1, 0.15) is 12.5 Å². The van der Waals surface area contributed by atoms with Crippen LogP contribution in [0.3, 0.4) is 0 Å². The Hall–Kier alpha value is -2.01. The average Bonchev–Trinajstić information content (AvgIpc) is 2.79. The van der Waals surface area contributed by atoms with E-state index >= 15 is 0 Å². The summed E-state index contributed by atoms with van der Waals surface area (Å²) in [6, 6.07) is 7.62. The highest BCUT2D eigenvalue weighted by atomic mass is 32.2. The van der Waals surface area contributed by atoms with Gasteiger partial charge in [-0.15, -0.1) is 6.58 Å². The van der Waals surface area contributed by atoms with Crippen LogP contribution < -0.4 is 10.1 Å². The van der Waals surface area contributed by atoms with Crippen LogP contribution in [0.4, 0.5) is 0 Å². The number of benzene rings is 1. The smallest absolute Gasteiger partial charge is 0.264 e. The lowest BCUT2D eigenvalue weighted by atomic mass is 10.2. The third kappa shape index (κ3) is 3.74. The molecule has 0 atom stereocenters. The number of nitrogens with one attached hydrogen (secondary N) is 1. The fourth-order valence-electron chi connectivity index (χ4n) is 1.63. The molecule has 0 radical (unpaired) electrons. The molecular formula is C15H16N2O2S. The fraction of sp³-hybridized carbons (Fsp3) is 0.200. The molecule has 20 heavy (non-hydrogen) atoms. The van der Waals surface area contributed by atoms with Gasteiger partial charge in [0.1, 0.15) is 5.75 Å². The molecule has 104 valence electrons. The van der Waals surface area contributed by atoms with E-state index in [4.69, 9.17) is 4.74 Å². The Morgan fingerprint density at radius 3 is 2.80 bits per heavy atom. The molecule has 0 bridgehead atoms. The molecule has 1 N–H and O–H groups in total. The van der Waals surface area contributed by atoms with Crippen LogP contribution >= 0.6 is 11.8 Å². The molecule has 1 heterocycles. The van der Waals surface area contributed by atoms with E-state index in [2.05, 4.69) is 16.9 Å². The molecule has 1 amide bonds. The Balaban J connectivity index is 2.10. The minimum Gasteiger partial charge on any atom is -0.494 e. The van der Waals surface area contributed by atoms with Crippen molar-refractivity contribution in [3.63, 3.8) is 0 Å². The van der Waals surface area contributed by atoms with E-state index in [-0.39, 0.29) is 5.91 Å². The van der Waals surface area contributed by atoms with Gasteiger partial charge in [-0.2, -0.15) is 0 Å². The number of ether oxygens (including phenoxy) is 1. The van der Waals surface area contributed by atoms with Gasteiger partial charge in [-0.25, -0.2) is 0 Å². The van der Waals surface area contributed by atoms with Gasteiger partial charge in [0.2, 0.25) is 0 Å². The molecule has 0 spiro atoms. The van der Waals surface area contributed by atoms with Crippen LogP contribution in [0.25, 0.3) is 6.08 Å². The van der Waals surface area contributed by atoms with Crippen LogP contribution in [0.2, 0.25) is 0 Å². The van der Waals surface area contributed by atoms with Gasteiger partial charge in [0.25, 0.3) is 5.91 Å². The number of nitrogens with zero attached hydrogens (tertiary/aromatic N) is 1. The lowest BCUT2D eigenvalue weighted by Crippen LogP contribution is -2.19. The molecule has 5 heteroatoms. The van der Waals surface area contributed by atoms with Crippen molar-refractivity contribution in [2.75, 3.05) is 13.2 Å². The summed E-state index contributed by atoms with van der Waals surface area (Å²) >= 11 is 1.34. The third-order valence-corrected chi connectivity index (χ3v) is 3.45. The first-order valence-electron chi connectivity index (χ1n) is 6.32. The zero-order chi connectivity index (χ0) is 14.4. The van der Waals surface area contributed by atoms with Crippen molar-refractivity contribution in [3.8, 4) is 5.75 Å². The molecule has 4 nitrogen and oxygen atoms in total. The van der Waals surface area contributed by atoms with Gasteiger partial charge < -0.3 is 10.1 Å². The summed E-state index contributed by atoms with van der Waals surface area (Å²) in [5, 5.41) is 3.34. The number of aliphatic imine (C=N–C) groups is 1. The minimum absolute atomic E-state index is 0.119. The van der Waals surface area contributed by atoms with Crippen molar-refractivity contribution in [2.45, 2.75) is 6.92 Å². The highest BCUT2D eigenvalue weighted by Crippen LogP contribution is 2.26. The molecule has 1 saturated heterocycles. The SMILES string of the molecule is C=CCN=C1NC(=O)/C(=C/c2ccc(OCC)cc2)S1. The minimum atomic E-state index is -0.119. The summed E-state index contributed by atoms with van der Waals surface area (Å²) in [6.45, 7) is 6.68. The highest BCUT2D eigenvalue weighted by molar-refractivity contribution is 8.18. The standard InChI is InChI=1S/C15H16N2O2S/c1-3-9-16-15-17-14(18)13(20-15)10-11-5-7-12(8-6-11)19-4-2/h3,5-8,10H,1,4,9H2,2H3,(H,16,17,18)/b13-10-. The van der Waals surface area contributed by atoms with Gasteiger partial charge in [0.05, 0.1) is 18.1 Å². The van der Waals surface area contributed by atoms with E-state index < -0.39 is 0 Å². The van der Waals surface area contributed by atoms with Crippen molar-refractivity contribution in [1.82, 2.24) is 5.32 Å². The van der Waals surface area contributed by atoms with Crippen molar-refractivity contribution < 1.29 is 9.53 Å². The summed E-state index contributed by atoms with van der Waals surface area (Å²) in [6.07, 6.45) is 3.53. The number of hydrogen-bond donors (Lipinski definition) is 1. The Labute approximate surface area is 122 Å². The molecule has 1 aromatic carbocycles. The topological polar surface area (TPSA) is 50.7 Å². The molecule has 1 aliphatic heterocycles. The summed E-state index contributed by atoms with van der Waals surface area (Å²) in [5.41, 5.74) is 0.955. The van der Waals surface area contributed by atoms with Crippen LogP contribution in [0.15, 0.2) is 46.8 Å². The average molecular weight is 288 g/mol. The molecular weight excluding hydrogens is 272 g/mol. The predicted molar refractivity (Wildman–Crippen MR) is 83.8 cm³/mol. The largest absolute Gasteiger partial charge is 0.494 e. The molecule has 0 aliphatic carbocycles. The molecule has 1 aliphatic rings. The van der Waals surface area contributed by atoms with Gasteiger partial charge in [0.15, 0.2) is 5.17 Å². The summed E-state index contributed by atoms with van der Waals surface area (Å²) in [7, 11) is 0. The maximum absolute atomic E-state index is 11.8. The molecule has 2 rings (SSSR count). The molecule has 0 aromatic heterocycles. The lowest BCUT2D eigenvalue weighted by molar-refractivity contribution is -0.115. The molecule has 1 fully saturated rings. The third-order valence-electron chi connectivity index (χ3n) is 2.50. The van der Waals surface area contributed by atoms with Gasteiger partial charge in [-0.05, 0) is 42.5 Å². The van der Waals surface area contributed by atoms with E-state index in [1.807, 2.05) is 37.3 Å². The Bertz CT molecular complexity index is 562. The van der Waals surface area contributed by atoms with Crippen LogP contribution in [0.5, 0.6) is 5.75 Å². The Morgan fingerprint density at radius 2 is 2.15 bits per heavy atom. The van der Waals surface area contributed by atoms with E-state index in [0.29, 0.717) is 23.2 Å². The van der Waals surface area contributed by atoms with Crippen molar-refractivity contribution >= 4 is 28.9 Å². The second-order valence-electron chi connectivity index (χ2n) is 4.00. The number of carbonyl (C=O) groups is 1. The second kappa shape index (κ2) is 6.96. The van der Waals surface area contributed by atoms with Crippen molar-refractivity contribution in [2.24, 2.45) is 4.99 Å². The Morgan fingerprint density at radius 1 is 1.40 bits per heavy atom. The van der Waals surface area contributed by atoms with Gasteiger partial charge in [-0.3, -0.25) is 9.79 Å². The summed E-state index contributed by atoms with van der Waals surface area (Å²) in [4.78, 5) is 16.6. The maximum atomic E-state index is 11.8. The quantitative estimate of drug-likeness (QED) is 0.669. The Kier molecular flexibility index (Phi) is 5.01. The molecule has 1 aromatic rings. The summed E-state index contributed by atoms with van der Waals surface area (Å²) in [5.74, 6) is 0.707. The zero-order valence-electron chi connectivity index (χ0n) is 11.3. The van der Waals surface area contributed by atoms with E-state index in [9.17, 15) is 4.79 Å². The molecule has 0 saturated carbocycles. The van der Waals surface area contributed by atoms with Crippen LogP contribution in [0, 0.1) is 0 Å². The highest BCUT2D eigenvalue weighted by Gasteiger charge is 2.23. The number of amidine groups is 1. The first kappa shape index (κ1) is 14.4. The molecule has 0 unspecified atom stereocenters. The number of amides is 1. The zero-order valence-corrected chi connectivity index (χ0v) is 12.1. The maximum Gasteiger partial charge on any atom is 0.264 e. The first-order valence-corrected chi connectivity index (χ1v) is 7.13. The van der Waals surface area contributed by atoms with Crippen LogP contribution in [-0.2, 0) is 4.79 Å². The van der Waals surface area contributed by atoms with Gasteiger partial charge in [0, 0.05) is 0 Å². The first-order chi connectivity index (χ1) is 9.72. The van der Waals surface area contributed by atoms with Gasteiger partial charge in [-0.1, -0.05) is 18.2 Å². The number of rotatable bonds is 5. The van der Waals surface area contributed by atoms with E-state index in [1.54, 1.807) is 6.08 Å². The van der Waals surface area contributed by atoms with E-state index in [0.717, 1.165) is 11.3 Å². The summed E-state index contributed by atoms with van der Waals surface area (Å²) < 4.78 is 5.38. The van der Waals surface area contributed by atoms with Gasteiger partial charge >= 0.3 is 0 Å². The normalized spacial score (nSPS) is 18.4. The number of hydrogen-bond acceptors (Lipinski definition) is 4. The van der Waals surface area contributed by atoms with Crippen molar-refractivity contribution in [1.29, 1.82) is 0 Å². The lowest BCUT2D eigenvalue weighted by Gasteiger charge is -2.02. The predicted octanol–water partition coefficient (Wildman–Crippen LogP) is 2.83. The van der Waals surface area contributed by atoms with Crippen molar-refractivity contribution in [3.05, 3.63) is 47.4 Å². The number of carbonyl (C=O) groups excluding carboxylic acids is 1. The second-order valence-corrected chi connectivity index (χ2v) is 5.03. The monoisotopic (exact) mass is 288 g/mol.